The van der Waals surface area contributed by atoms with Crippen LogP contribution in [0.25, 0.3) is 0 Å². The number of nitrogens with one attached hydrogen (secondary N) is 2. The van der Waals surface area contributed by atoms with Gasteiger partial charge in [0, 0.05) is 19.0 Å². The highest BCUT2D eigenvalue weighted by Crippen LogP contribution is 2.18. The molecule has 1 unspecified atom stereocenters. The Labute approximate surface area is 165 Å². The summed E-state index contributed by atoms with van der Waals surface area (Å²) in [4.78, 5) is 38.1. The monoisotopic (exact) mass is 387 g/mol. The molecule has 2 aliphatic rings. The molecular formula is C21H29N3O4. The fraction of sp³-hybridized carbons (Fsp3) is 0.571. The van der Waals surface area contributed by atoms with Crippen molar-refractivity contribution in [2.75, 3.05) is 13.7 Å². The third-order valence-electron chi connectivity index (χ3n) is 5.52. The molecule has 7 heteroatoms. The van der Waals surface area contributed by atoms with Crippen LogP contribution in [0.2, 0.25) is 0 Å². The van der Waals surface area contributed by atoms with Gasteiger partial charge in [0.15, 0.2) is 0 Å². The lowest BCUT2D eigenvalue weighted by atomic mass is 9.95. The molecule has 1 saturated carbocycles. The first-order valence-corrected chi connectivity index (χ1v) is 10.1. The van der Waals surface area contributed by atoms with Crippen molar-refractivity contribution in [3.8, 4) is 5.75 Å². The summed E-state index contributed by atoms with van der Waals surface area (Å²) in [6.45, 7) is 0.321. The zero-order valence-corrected chi connectivity index (χ0v) is 16.4. The van der Waals surface area contributed by atoms with Gasteiger partial charge in [-0.25, -0.2) is 4.79 Å². The van der Waals surface area contributed by atoms with E-state index in [2.05, 4.69) is 10.6 Å². The van der Waals surface area contributed by atoms with Gasteiger partial charge in [-0.2, -0.15) is 0 Å². The van der Waals surface area contributed by atoms with Gasteiger partial charge in [0.05, 0.1) is 7.11 Å². The number of hydrogen-bond donors (Lipinski definition) is 2. The summed E-state index contributed by atoms with van der Waals surface area (Å²) in [5, 5.41) is 5.75. The molecule has 1 heterocycles. The van der Waals surface area contributed by atoms with Crippen LogP contribution in [-0.4, -0.2) is 48.5 Å². The highest BCUT2D eigenvalue weighted by Gasteiger charge is 2.37. The van der Waals surface area contributed by atoms with Gasteiger partial charge in [-0.05, 0) is 43.4 Å². The Hall–Kier alpha value is -2.57. The second-order valence-electron chi connectivity index (χ2n) is 7.53. The van der Waals surface area contributed by atoms with Crippen molar-refractivity contribution in [1.82, 2.24) is 15.5 Å². The van der Waals surface area contributed by atoms with Crippen LogP contribution < -0.4 is 15.4 Å². The van der Waals surface area contributed by atoms with Crippen LogP contribution in [0, 0.1) is 0 Å². The molecule has 2 fully saturated rings. The highest BCUT2D eigenvalue weighted by molar-refractivity contribution is 6.04. The normalized spacial score (nSPS) is 20.2. The van der Waals surface area contributed by atoms with Gasteiger partial charge in [0.25, 0.3) is 5.91 Å². The maximum absolute atomic E-state index is 12.5. The predicted molar refractivity (Wildman–Crippen MR) is 105 cm³/mol. The first-order valence-electron chi connectivity index (χ1n) is 10.1. The molecule has 0 spiro atoms. The number of urea groups is 1. The zero-order chi connectivity index (χ0) is 19.9. The lowest BCUT2D eigenvalue weighted by Crippen LogP contribution is -2.38. The summed E-state index contributed by atoms with van der Waals surface area (Å²) < 4.78 is 5.13. The third kappa shape index (κ3) is 5.24. The summed E-state index contributed by atoms with van der Waals surface area (Å²) in [6, 6.07) is 6.83. The van der Waals surface area contributed by atoms with E-state index < -0.39 is 6.04 Å². The molecular weight excluding hydrogens is 358 g/mol. The number of carbonyl (C=O) groups excluding carboxylic acids is 3. The summed E-state index contributed by atoms with van der Waals surface area (Å²) >= 11 is 0. The molecule has 3 rings (SSSR count). The number of imide groups is 1. The van der Waals surface area contributed by atoms with Crippen molar-refractivity contribution >= 4 is 17.8 Å². The average molecular weight is 387 g/mol. The fourth-order valence-electron chi connectivity index (χ4n) is 3.84. The fourth-order valence-corrected chi connectivity index (χ4v) is 3.84. The van der Waals surface area contributed by atoms with E-state index >= 15 is 0 Å². The number of benzene rings is 1. The van der Waals surface area contributed by atoms with Gasteiger partial charge in [-0.15, -0.1) is 0 Å². The number of rotatable bonds is 8. The van der Waals surface area contributed by atoms with Gasteiger partial charge >= 0.3 is 6.03 Å². The van der Waals surface area contributed by atoms with Gasteiger partial charge in [0.2, 0.25) is 5.91 Å². The molecule has 1 aliphatic carbocycles. The quantitative estimate of drug-likeness (QED) is 0.671. The third-order valence-corrected chi connectivity index (χ3v) is 5.52. The molecule has 0 aromatic heterocycles. The smallest absolute Gasteiger partial charge is 0.324 e. The molecule has 1 saturated heterocycles. The van der Waals surface area contributed by atoms with E-state index in [-0.39, 0.29) is 30.3 Å². The largest absolute Gasteiger partial charge is 0.497 e. The van der Waals surface area contributed by atoms with Crippen LogP contribution in [0.5, 0.6) is 5.75 Å². The molecule has 28 heavy (non-hydrogen) atoms. The van der Waals surface area contributed by atoms with Crippen LogP contribution in [0.15, 0.2) is 24.3 Å². The van der Waals surface area contributed by atoms with Crippen LogP contribution in [0.3, 0.4) is 0 Å². The number of amides is 4. The average Bonchev–Trinajstić information content (AvgIpc) is 2.99. The Balaban J connectivity index is 1.43. The molecule has 7 nitrogen and oxygen atoms in total. The number of nitrogens with zero attached hydrogens (tertiary/aromatic N) is 1. The molecule has 2 N–H and O–H groups in total. The van der Waals surface area contributed by atoms with Crippen LogP contribution in [-0.2, 0) is 16.0 Å². The molecule has 4 amide bonds. The van der Waals surface area contributed by atoms with E-state index in [0.29, 0.717) is 19.4 Å². The molecule has 152 valence electrons. The van der Waals surface area contributed by atoms with E-state index in [0.717, 1.165) is 37.0 Å². The predicted octanol–water partition coefficient (Wildman–Crippen LogP) is 2.39. The topological polar surface area (TPSA) is 87.7 Å². The minimum Gasteiger partial charge on any atom is -0.497 e. The summed E-state index contributed by atoms with van der Waals surface area (Å²) in [7, 11) is 1.61. The van der Waals surface area contributed by atoms with Gasteiger partial charge in [-0.1, -0.05) is 31.4 Å². The second-order valence-corrected chi connectivity index (χ2v) is 7.53. The summed E-state index contributed by atoms with van der Waals surface area (Å²) in [5.74, 6) is 0.486. The molecule has 1 atom stereocenters. The van der Waals surface area contributed by atoms with Crippen LogP contribution >= 0.6 is 0 Å². The second kappa shape index (κ2) is 9.57. The molecule has 0 bridgehead atoms. The highest BCUT2D eigenvalue weighted by atomic mass is 16.5. The Morgan fingerprint density at radius 1 is 1.18 bits per heavy atom. The Kier molecular flexibility index (Phi) is 6.90. The first kappa shape index (κ1) is 20.2. The van der Waals surface area contributed by atoms with Crippen molar-refractivity contribution in [1.29, 1.82) is 0 Å². The minimum atomic E-state index is -0.611. The molecule has 1 aliphatic heterocycles. The number of hydrogen-bond acceptors (Lipinski definition) is 4. The summed E-state index contributed by atoms with van der Waals surface area (Å²) in [6.07, 6.45) is 6.78. The lowest BCUT2D eigenvalue weighted by Gasteiger charge is -2.22. The van der Waals surface area contributed by atoms with Crippen molar-refractivity contribution in [3.05, 3.63) is 29.8 Å². The van der Waals surface area contributed by atoms with Gasteiger partial charge in [-0.3, -0.25) is 14.5 Å². The zero-order valence-electron chi connectivity index (χ0n) is 16.4. The van der Waals surface area contributed by atoms with Crippen molar-refractivity contribution < 1.29 is 19.1 Å². The van der Waals surface area contributed by atoms with E-state index in [4.69, 9.17) is 4.74 Å². The van der Waals surface area contributed by atoms with E-state index in [1.165, 1.54) is 11.3 Å². The molecule has 0 radical (unpaired) electrons. The van der Waals surface area contributed by atoms with Crippen LogP contribution in [0.4, 0.5) is 4.79 Å². The standard InChI is InChI=1S/C21H29N3O4/c1-28-17-9-7-15(8-10-17)13-14-24-20(26)18(23-21(24)27)11-12-19(25)22-16-5-3-2-4-6-16/h7-10,16,18H,2-6,11-14H2,1H3,(H,22,25)(H,23,27). The molecule has 1 aromatic rings. The summed E-state index contributed by atoms with van der Waals surface area (Å²) in [5.41, 5.74) is 1.02. The van der Waals surface area contributed by atoms with E-state index in [1.54, 1.807) is 7.11 Å². The van der Waals surface area contributed by atoms with Crippen molar-refractivity contribution in [2.45, 2.75) is 63.5 Å². The van der Waals surface area contributed by atoms with E-state index in [9.17, 15) is 14.4 Å². The SMILES string of the molecule is COc1ccc(CCN2C(=O)NC(CCC(=O)NC3CCCCC3)C2=O)cc1. The Morgan fingerprint density at radius 2 is 1.89 bits per heavy atom. The van der Waals surface area contributed by atoms with Gasteiger partial charge < -0.3 is 15.4 Å². The van der Waals surface area contributed by atoms with Crippen molar-refractivity contribution in [3.63, 3.8) is 0 Å². The number of carbonyl (C=O) groups is 3. The van der Waals surface area contributed by atoms with Crippen molar-refractivity contribution in [2.24, 2.45) is 0 Å². The Bertz CT molecular complexity index is 698. The number of ether oxygens (including phenoxy) is 1. The molecule has 1 aromatic carbocycles. The number of methoxy groups -OCH3 is 1. The Morgan fingerprint density at radius 3 is 2.57 bits per heavy atom. The maximum atomic E-state index is 12.5. The maximum Gasteiger partial charge on any atom is 0.324 e. The van der Waals surface area contributed by atoms with Crippen LogP contribution in [0.1, 0.15) is 50.5 Å². The first-order chi connectivity index (χ1) is 13.6. The lowest BCUT2D eigenvalue weighted by molar-refractivity contribution is -0.127. The minimum absolute atomic E-state index is 0.0365. The van der Waals surface area contributed by atoms with Gasteiger partial charge in [0.1, 0.15) is 11.8 Å². The van der Waals surface area contributed by atoms with E-state index in [1.807, 2.05) is 24.3 Å².